The number of hydrogen-bond acceptors (Lipinski definition) is 2. The molecule has 1 aromatic heterocycles. The van der Waals surface area contributed by atoms with Crippen molar-refractivity contribution in [1.29, 1.82) is 0 Å². The van der Waals surface area contributed by atoms with Crippen LogP contribution in [0.1, 0.15) is 31.2 Å². The molecule has 0 aliphatic heterocycles. The van der Waals surface area contributed by atoms with Gasteiger partial charge in [0, 0.05) is 11.2 Å². The summed E-state index contributed by atoms with van der Waals surface area (Å²) in [6.45, 7) is 1.07. The summed E-state index contributed by atoms with van der Waals surface area (Å²) in [5, 5.41) is 7.10. The lowest BCUT2D eigenvalue weighted by atomic mass is 9.65. The highest BCUT2D eigenvalue weighted by Crippen LogP contribution is 2.50. The average molecular weight is 283 g/mol. The van der Waals surface area contributed by atoms with Crippen LogP contribution in [0.5, 0.6) is 0 Å². The van der Waals surface area contributed by atoms with Crippen LogP contribution in [0.2, 0.25) is 0 Å². The monoisotopic (exact) mass is 283 g/mol. The van der Waals surface area contributed by atoms with Crippen molar-refractivity contribution >= 4 is 27.0 Å². The summed E-state index contributed by atoms with van der Waals surface area (Å²) in [6.07, 6.45) is 5.61. The van der Waals surface area contributed by atoms with Gasteiger partial charge in [-0.2, -0.15) is 0 Å². The molecule has 0 unspecified atom stereocenters. The standard InChI is InChI=1S/C18H21NS/c1-19-11-16-12-5-7-13(8-6-12)18(16)15-3-2-4-17-14(15)9-10-20-17/h2-4,9-10,12-13,19H,5-8,11H2,1H3. The first-order valence-corrected chi connectivity index (χ1v) is 8.60. The van der Waals surface area contributed by atoms with Crippen molar-refractivity contribution in [2.45, 2.75) is 25.7 Å². The Morgan fingerprint density at radius 3 is 2.70 bits per heavy atom. The van der Waals surface area contributed by atoms with Gasteiger partial charge in [0.2, 0.25) is 0 Å². The maximum Gasteiger partial charge on any atom is 0.0348 e. The second-order valence-electron chi connectivity index (χ2n) is 6.16. The van der Waals surface area contributed by atoms with E-state index in [2.05, 4.69) is 42.0 Å². The van der Waals surface area contributed by atoms with E-state index in [1.54, 1.807) is 11.1 Å². The first-order chi connectivity index (χ1) is 9.88. The molecule has 0 atom stereocenters. The van der Waals surface area contributed by atoms with E-state index in [1.807, 2.05) is 11.3 Å². The van der Waals surface area contributed by atoms with Crippen LogP contribution < -0.4 is 5.32 Å². The minimum Gasteiger partial charge on any atom is -0.316 e. The summed E-state index contributed by atoms with van der Waals surface area (Å²) in [5.74, 6) is 1.63. The number of allylic oxidation sites excluding steroid dienone is 1. The molecule has 0 radical (unpaired) electrons. The van der Waals surface area contributed by atoms with E-state index in [0.717, 1.165) is 18.4 Å². The zero-order valence-corrected chi connectivity index (χ0v) is 12.8. The van der Waals surface area contributed by atoms with E-state index in [1.165, 1.54) is 41.3 Å². The quantitative estimate of drug-likeness (QED) is 0.861. The fourth-order valence-corrected chi connectivity index (χ4v) is 5.08. The van der Waals surface area contributed by atoms with Crippen molar-refractivity contribution in [2.75, 3.05) is 13.6 Å². The van der Waals surface area contributed by atoms with E-state index in [4.69, 9.17) is 0 Å². The van der Waals surface area contributed by atoms with Gasteiger partial charge in [-0.05, 0) is 84.2 Å². The van der Waals surface area contributed by atoms with Gasteiger partial charge in [-0.1, -0.05) is 12.1 Å². The first kappa shape index (κ1) is 12.6. The molecule has 0 saturated heterocycles. The van der Waals surface area contributed by atoms with Gasteiger partial charge in [-0.15, -0.1) is 11.3 Å². The molecule has 2 heteroatoms. The fourth-order valence-electron chi connectivity index (χ4n) is 4.26. The van der Waals surface area contributed by atoms with Gasteiger partial charge in [-0.25, -0.2) is 0 Å². The van der Waals surface area contributed by atoms with Crippen LogP contribution in [0.15, 0.2) is 35.2 Å². The van der Waals surface area contributed by atoms with Crippen LogP contribution in [0.4, 0.5) is 0 Å². The zero-order chi connectivity index (χ0) is 13.5. The molecule has 0 amide bonds. The van der Waals surface area contributed by atoms with E-state index in [-0.39, 0.29) is 0 Å². The molecule has 3 aliphatic rings. The SMILES string of the molecule is CNCC1=C(c2cccc3sccc23)C2CCC1CC2. The summed E-state index contributed by atoms with van der Waals surface area (Å²) in [7, 11) is 2.08. The molecule has 5 rings (SSSR count). The molecule has 1 aromatic carbocycles. The fraction of sp³-hybridized carbons (Fsp3) is 0.444. The normalized spacial score (nSPS) is 25.6. The summed E-state index contributed by atoms with van der Waals surface area (Å²) in [4.78, 5) is 0. The lowest BCUT2D eigenvalue weighted by Crippen LogP contribution is -2.30. The molecule has 2 bridgehead atoms. The van der Waals surface area contributed by atoms with Crippen molar-refractivity contribution in [3.8, 4) is 0 Å². The van der Waals surface area contributed by atoms with Crippen molar-refractivity contribution in [3.63, 3.8) is 0 Å². The molecular formula is C18H21NS. The van der Waals surface area contributed by atoms with E-state index >= 15 is 0 Å². The molecule has 1 fully saturated rings. The predicted molar refractivity (Wildman–Crippen MR) is 88.1 cm³/mol. The van der Waals surface area contributed by atoms with Crippen molar-refractivity contribution in [2.24, 2.45) is 11.8 Å². The number of hydrogen-bond donors (Lipinski definition) is 1. The molecule has 2 aromatic rings. The Hall–Kier alpha value is -1.12. The summed E-state index contributed by atoms with van der Waals surface area (Å²) in [5.41, 5.74) is 4.91. The van der Waals surface area contributed by atoms with Crippen molar-refractivity contribution < 1.29 is 0 Å². The Kier molecular flexibility index (Phi) is 3.16. The second-order valence-corrected chi connectivity index (χ2v) is 7.10. The van der Waals surface area contributed by atoms with Gasteiger partial charge in [0.05, 0.1) is 0 Å². The van der Waals surface area contributed by atoms with E-state index in [0.29, 0.717) is 0 Å². The molecule has 1 N–H and O–H groups in total. The molecule has 1 heterocycles. The highest BCUT2D eigenvalue weighted by atomic mass is 32.1. The Labute approximate surface area is 124 Å². The van der Waals surface area contributed by atoms with E-state index < -0.39 is 0 Å². The third kappa shape index (κ3) is 1.86. The Balaban J connectivity index is 1.94. The number of rotatable bonds is 3. The Morgan fingerprint density at radius 1 is 1.10 bits per heavy atom. The van der Waals surface area contributed by atoms with Gasteiger partial charge in [0.15, 0.2) is 0 Å². The van der Waals surface area contributed by atoms with Gasteiger partial charge in [-0.3, -0.25) is 0 Å². The number of thiophene rings is 1. The minimum absolute atomic E-state index is 0.800. The number of fused-ring (bicyclic) bond motifs is 3. The third-order valence-electron chi connectivity index (χ3n) is 5.13. The Morgan fingerprint density at radius 2 is 1.90 bits per heavy atom. The van der Waals surface area contributed by atoms with E-state index in [9.17, 15) is 0 Å². The van der Waals surface area contributed by atoms with Crippen LogP contribution in [0.25, 0.3) is 15.7 Å². The number of benzene rings is 1. The summed E-state index contributed by atoms with van der Waals surface area (Å²) in [6, 6.07) is 9.14. The maximum atomic E-state index is 3.41. The average Bonchev–Trinajstić information content (AvgIpc) is 2.97. The van der Waals surface area contributed by atoms with Crippen molar-refractivity contribution in [3.05, 3.63) is 40.8 Å². The van der Waals surface area contributed by atoms with Gasteiger partial charge in [0.25, 0.3) is 0 Å². The summed E-state index contributed by atoms with van der Waals surface area (Å²) >= 11 is 1.86. The lowest BCUT2D eigenvalue weighted by Gasteiger charge is -2.41. The smallest absolute Gasteiger partial charge is 0.0348 e. The molecule has 1 nitrogen and oxygen atoms in total. The van der Waals surface area contributed by atoms with Crippen LogP contribution in [0.3, 0.4) is 0 Å². The number of likely N-dealkylation sites (N-methyl/N-ethyl adjacent to an activating group) is 1. The molecule has 3 aliphatic carbocycles. The van der Waals surface area contributed by atoms with Gasteiger partial charge in [0.1, 0.15) is 0 Å². The highest BCUT2D eigenvalue weighted by molar-refractivity contribution is 7.17. The lowest BCUT2D eigenvalue weighted by molar-refractivity contribution is 0.319. The van der Waals surface area contributed by atoms with Crippen LogP contribution >= 0.6 is 11.3 Å². The first-order valence-electron chi connectivity index (χ1n) is 7.72. The molecule has 20 heavy (non-hydrogen) atoms. The largest absolute Gasteiger partial charge is 0.316 e. The molecule has 0 spiro atoms. The number of nitrogens with one attached hydrogen (secondary N) is 1. The van der Waals surface area contributed by atoms with Crippen LogP contribution in [-0.4, -0.2) is 13.6 Å². The topological polar surface area (TPSA) is 12.0 Å². The van der Waals surface area contributed by atoms with Crippen LogP contribution in [0, 0.1) is 11.8 Å². The minimum atomic E-state index is 0.800. The highest BCUT2D eigenvalue weighted by Gasteiger charge is 2.35. The molecule has 1 saturated carbocycles. The second kappa shape index (κ2) is 5.01. The van der Waals surface area contributed by atoms with Gasteiger partial charge < -0.3 is 5.32 Å². The maximum absolute atomic E-state index is 3.41. The van der Waals surface area contributed by atoms with Crippen molar-refractivity contribution in [1.82, 2.24) is 5.32 Å². The Bertz CT molecular complexity index is 659. The summed E-state index contributed by atoms with van der Waals surface area (Å²) < 4.78 is 1.43. The third-order valence-corrected chi connectivity index (χ3v) is 6.01. The van der Waals surface area contributed by atoms with Crippen LogP contribution in [-0.2, 0) is 0 Å². The molecule has 104 valence electrons. The predicted octanol–water partition coefficient (Wildman–Crippen LogP) is 4.69. The van der Waals surface area contributed by atoms with Gasteiger partial charge >= 0.3 is 0 Å². The zero-order valence-electron chi connectivity index (χ0n) is 12.0. The molecular weight excluding hydrogens is 262 g/mol.